The minimum Gasteiger partial charge on any atom is -0.496 e. The highest BCUT2D eigenvalue weighted by Crippen LogP contribution is 2.32. The summed E-state index contributed by atoms with van der Waals surface area (Å²) in [7, 11) is 1.45. The van der Waals surface area contributed by atoms with Gasteiger partial charge in [-0.1, -0.05) is 11.3 Å². The van der Waals surface area contributed by atoms with Gasteiger partial charge in [0.15, 0.2) is 16.8 Å². The molecule has 1 aliphatic heterocycles. The molecular formula is C23H25F3N4O4S. The lowest BCUT2D eigenvalue weighted by atomic mass is 10.0. The number of halogens is 3. The van der Waals surface area contributed by atoms with Crippen molar-refractivity contribution in [1.29, 1.82) is 0 Å². The Morgan fingerprint density at radius 2 is 1.97 bits per heavy atom. The van der Waals surface area contributed by atoms with E-state index < -0.39 is 36.2 Å². The molecule has 0 unspecified atom stereocenters. The van der Waals surface area contributed by atoms with Crippen LogP contribution in [0, 0.1) is 17.5 Å². The number of methoxy groups -OCH3 is 1. The standard InChI is InChI=1S/C23H25F3N4O4S/c1-12-10-29(19-9-20(34-2)13(6-17(19)26)5-14(32)11-31)3-4-30(12)23(33)28-22-27-18-7-15(24)16(25)8-21(18)35-22/h6-9,12,14,31-32H,3-5,10-11H2,1-2H3,(H,27,28,33)/t12-,14+/m0/s1. The van der Waals surface area contributed by atoms with Crippen molar-refractivity contribution in [2.24, 2.45) is 0 Å². The largest absolute Gasteiger partial charge is 0.496 e. The minimum absolute atomic E-state index is 0.0479. The molecule has 2 aromatic carbocycles. The molecule has 8 nitrogen and oxygen atoms in total. The molecule has 0 aliphatic carbocycles. The molecule has 1 aliphatic rings. The number of anilines is 2. The molecule has 0 bridgehead atoms. The average molecular weight is 511 g/mol. The molecule has 2 atom stereocenters. The van der Waals surface area contributed by atoms with E-state index in [2.05, 4.69) is 10.3 Å². The molecule has 3 N–H and O–H groups in total. The van der Waals surface area contributed by atoms with Crippen LogP contribution in [0.25, 0.3) is 10.2 Å². The third-order valence-corrected chi connectivity index (χ3v) is 6.82. The van der Waals surface area contributed by atoms with E-state index in [-0.39, 0.29) is 23.1 Å². The van der Waals surface area contributed by atoms with Crippen molar-refractivity contribution in [3.05, 3.63) is 47.3 Å². The molecule has 0 saturated carbocycles. The first-order chi connectivity index (χ1) is 16.7. The number of rotatable bonds is 6. The Morgan fingerprint density at radius 1 is 1.23 bits per heavy atom. The number of thiazole rings is 1. The minimum atomic E-state index is -1.02. The van der Waals surface area contributed by atoms with Crippen LogP contribution >= 0.6 is 11.3 Å². The van der Waals surface area contributed by atoms with Crippen LogP contribution in [0.15, 0.2) is 24.3 Å². The first kappa shape index (κ1) is 25.0. The average Bonchev–Trinajstić information content (AvgIpc) is 3.19. The van der Waals surface area contributed by atoms with Crippen LogP contribution in [0.1, 0.15) is 12.5 Å². The van der Waals surface area contributed by atoms with Gasteiger partial charge in [0.1, 0.15) is 11.6 Å². The van der Waals surface area contributed by atoms with Crippen LogP contribution in [-0.2, 0) is 6.42 Å². The topological polar surface area (TPSA) is 98.2 Å². The molecule has 1 aromatic heterocycles. The number of hydrogen-bond acceptors (Lipinski definition) is 7. The maximum absolute atomic E-state index is 14.9. The van der Waals surface area contributed by atoms with Gasteiger partial charge in [0.25, 0.3) is 0 Å². The summed E-state index contributed by atoms with van der Waals surface area (Å²) >= 11 is 1.04. The Bertz CT molecular complexity index is 1200. The number of nitrogens with zero attached hydrogens (tertiary/aromatic N) is 3. The monoisotopic (exact) mass is 510 g/mol. The van der Waals surface area contributed by atoms with Gasteiger partial charge < -0.3 is 24.7 Å². The number of carbonyl (C=O) groups excluding carboxylic acids is 1. The molecule has 12 heteroatoms. The van der Waals surface area contributed by atoms with Crippen LogP contribution in [0.4, 0.5) is 28.8 Å². The predicted octanol–water partition coefficient (Wildman–Crippen LogP) is 3.36. The summed E-state index contributed by atoms with van der Waals surface area (Å²) in [5.74, 6) is -2.09. The van der Waals surface area contributed by atoms with Gasteiger partial charge in [-0.2, -0.15) is 0 Å². The Labute approximate surface area is 203 Å². The van der Waals surface area contributed by atoms with Crippen LogP contribution in [0.2, 0.25) is 0 Å². The lowest BCUT2D eigenvalue weighted by Gasteiger charge is -2.41. The van der Waals surface area contributed by atoms with Gasteiger partial charge in [-0.15, -0.1) is 0 Å². The van der Waals surface area contributed by atoms with Crippen LogP contribution in [-0.4, -0.2) is 71.6 Å². The van der Waals surface area contributed by atoms with Crippen molar-refractivity contribution < 1.29 is 32.9 Å². The number of urea groups is 1. The van der Waals surface area contributed by atoms with E-state index in [1.807, 2.05) is 11.8 Å². The van der Waals surface area contributed by atoms with Crippen molar-refractivity contribution in [1.82, 2.24) is 9.88 Å². The highest BCUT2D eigenvalue weighted by Gasteiger charge is 2.30. The van der Waals surface area contributed by atoms with Gasteiger partial charge in [-0.25, -0.2) is 22.9 Å². The summed E-state index contributed by atoms with van der Waals surface area (Å²) in [5.41, 5.74) is 1.00. The molecule has 4 rings (SSSR count). The number of aliphatic hydroxyl groups excluding tert-OH is 2. The molecule has 0 spiro atoms. The van der Waals surface area contributed by atoms with Crippen molar-refractivity contribution >= 4 is 38.4 Å². The molecule has 0 radical (unpaired) electrons. The van der Waals surface area contributed by atoms with Gasteiger partial charge in [0.05, 0.1) is 35.7 Å². The summed E-state index contributed by atoms with van der Waals surface area (Å²) in [6.07, 6.45) is -0.976. The maximum atomic E-state index is 14.9. The van der Waals surface area contributed by atoms with Gasteiger partial charge >= 0.3 is 6.03 Å². The Kier molecular flexibility index (Phi) is 7.33. The maximum Gasteiger partial charge on any atom is 0.324 e. The van der Waals surface area contributed by atoms with Crippen molar-refractivity contribution in [2.75, 3.05) is 43.6 Å². The van der Waals surface area contributed by atoms with E-state index in [1.54, 1.807) is 11.0 Å². The fourth-order valence-corrected chi connectivity index (χ4v) is 4.97. The van der Waals surface area contributed by atoms with E-state index in [9.17, 15) is 23.1 Å². The molecule has 35 heavy (non-hydrogen) atoms. The highest BCUT2D eigenvalue weighted by molar-refractivity contribution is 7.22. The van der Waals surface area contributed by atoms with E-state index in [1.165, 1.54) is 13.2 Å². The number of fused-ring (bicyclic) bond motifs is 1. The second kappa shape index (κ2) is 10.3. The zero-order valence-corrected chi connectivity index (χ0v) is 19.9. The SMILES string of the molecule is COc1cc(N2CCN(C(=O)Nc3nc4cc(F)c(F)cc4s3)[C@@H](C)C2)c(F)cc1C[C@@H](O)CO. The third kappa shape index (κ3) is 5.29. The predicted molar refractivity (Wildman–Crippen MR) is 127 cm³/mol. The molecule has 1 fully saturated rings. The normalized spacial score (nSPS) is 17.1. The van der Waals surface area contributed by atoms with Gasteiger partial charge in [-0.3, -0.25) is 5.32 Å². The molecule has 1 saturated heterocycles. The number of aliphatic hydroxyl groups is 2. The van der Waals surface area contributed by atoms with Crippen molar-refractivity contribution in [3.63, 3.8) is 0 Å². The molecule has 2 amide bonds. The number of carbonyl (C=O) groups is 1. The summed E-state index contributed by atoms with van der Waals surface area (Å²) in [4.78, 5) is 20.4. The van der Waals surface area contributed by atoms with Gasteiger partial charge in [0.2, 0.25) is 0 Å². The number of piperazine rings is 1. The smallest absolute Gasteiger partial charge is 0.324 e. The first-order valence-corrected chi connectivity index (χ1v) is 11.7. The lowest BCUT2D eigenvalue weighted by Crippen LogP contribution is -2.55. The van der Waals surface area contributed by atoms with E-state index in [0.717, 1.165) is 23.5 Å². The summed E-state index contributed by atoms with van der Waals surface area (Å²) in [6, 6.07) is 4.17. The zero-order chi connectivity index (χ0) is 25.3. The van der Waals surface area contributed by atoms with Crippen LogP contribution in [0.3, 0.4) is 0 Å². The molecule has 3 aromatic rings. The van der Waals surface area contributed by atoms with Gasteiger partial charge in [-0.05, 0) is 24.6 Å². The number of aromatic nitrogens is 1. The molecule has 188 valence electrons. The number of hydrogen-bond donors (Lipinski definition) is 3. The quantitative estimate of drug-likeness (QED) is 0.471. The number of nitrogens with one attached hydrogen (secondary N) is 1. The van der Waals surface area contributed by atoms with Gasteiger partial charge in [0, 0.05) is 44.2 Å². The number of amides is 2. The Morgan fingerprint density at radius 3 is 2.66 bits per heavy atom. The summed E-state index contributed by atoms with van der Waals surface area (Å²) in [5, 5.41) is 21.7. The molecular weight excluding hydrogens is 485 g/mol. The third-order valence-electron chi connectivity index (χ3n) is 5.89. The van der Waals surface area contributed by atoms with Crippen molar-refractivity contribution in [3.8, 4) is 5.75 Å². The second-order valence-electron chi connectivity index (χ2n) is 8.33. The van der Waals surface area contributed by atoms with Crippen LogP contribution in [0.5, 0.6) is 5.75 Å². The van der Waals surface area contributed by atoms with Crippen LogP contribution < -0.4 is 15.0 Å². The van der Waals surface area contributed by atoms with E-state index in [4.69, 9.17) is 9.84 Å². The first-order valence-electron chi connectivity index (χ1n) is 10.9. The van der Waals surface area contributed by atoms with E-state index in [0.29, 0.717) is 41.3 Å². The highest BCUT2D eigenvalue weighted by atomic mass is 32.1. The Hall–Kier alpha value is -3.09. The number of benzene rings is 2. The summed E-state index contributed by atoms with van der Waals surface area (Å²) < 4.78 is 47.6. The van der Waals surface area contributed by atoms with E-state index >= 15 is 0 Å². The van der Waals surface area contributed by atoms with Crippen molar-refractivity contribution in [2.45, 2.75) is 25.5 Å². The second-order valence-corrected chi connectivity index (χ2v) is 9.36. The lowest BCUT2D eigenvalue weighted by molar-refractivity contribution is 0.0949. The Balaban J connectivity index is 1.45. The fraction of sp³-hybridized carbons (Fsp3) is 0.391. The summed E-state index contributed by atoms with van der Waals surface area (Å²) in [6.45, 7) is 2.39. The molecule has 2 heterocycles. The zero-order valence-electron chi connectivity index (χ0n) is 19.1. The fourth-order valence-electron chi connectivity index (χ4n) is 4.11. The number of ether oxygens (including phenoxy) is 1.